The lowest BCUT2D eigenvalue weighted by Crippen LogP contribution is -2.24. The van der Waals surface area contributed by atoms with Crippen LogP contribution in [-0.4, -0.2) is 36.7 Å². The molecule has 1 unspecified atom stereocenters. The molecular formula is C15H25N5. The Labute approximate surface area is 121 Å². The van der Waals surface area contributed by atoms with Gasteiger partial charge in [0.05, 0.1) is 18.4 Å². The number of rotatable bonds is 7. The van der Waals surface area contributed by atoms with Crippen molar-refractivity contribution < 1.29 is 0 Å². The Hall–Kier alpha value is -1.65. The number of unbranched alkanes of at least 4 members (excludes halogenated alkanes) is 2. The molecule has 20 heavy (non-hydrogen) atoms. The zero-order chi connectivity index (χ0) is 14.4. The second-order valence-electron chi connectivity index (χ2n) is 5.32. The summed E-state index contributed by atoms with van der Waals surface area (Å²) < 4.78 is 0. The number of pyridine rings is 1. The summed E-state index contributed by atoms with van der Waals surface area (Å²) in [5, 5.41) is 10.2. The first kappa shape index (κ1) is 14.8. The van der Waals surface area contributed by atoms with Gasteiger partial charge in [-0.3, -0.25) is 9.99 Å². The first-order valence-electron chi connectivity index (χ1n) is 7.56. The highest BCUT2D eigenvalue weighted by atomic mass is 15.6. The molecule has 5 heteroatoms. The van der Waals surface area contributed by atoms with Gasteiger partial charge in [-0.1, -0.05) is 25.0 Å². The maximum atomic E-state index is 4.39. The van der Waals surface area contributed by atoms with E-state index in [2.05, 4.69) is 40.1 Å². The molecule has 2 rings (SSSR count). The van der Waals surface area contributed by atoms with Crippen molar-refractivity contribution in [2.75, 3.05) is 31.6 Å². The van der Waals surface area contributed by atoms with Crippen LogP contribution in [0.4, 0.5) is 5.69 Å². The molecular weight excluding hydrogens is 250 g/mol. The van der Waals surface area contributed by atoms with Crippen LogP contribution in [-0.2, 0) is 0 Å². The first-order chi connectivity index (χ1) is 9.74. The lowest BCUT2D eigenvalue weighted by molar-refractivity contribution is 0.380. The van der Waals surface area contributed by atoms with Gasteiger partial charge in [0, 0.05) is 31.9 Å². The average Bonchev–Trinajstić information content (AvgIpc) is 2.90. The monoisotopic (exact) mass is 275 g/mol. The standard InChI is InChI=1S/C15H25N5/c1-4-6-7-8-20(5-2)14-9-13(10-16-11-14)15-12-19(3)18-17-15/h9-11,15H,4-8,12H2,1-3H3. The van der Waals surface area contributed by atoms with Crippen molar-refractivity contribution in [2.45, 2.75) is 39.2 Å². The summed E-state index contributed by atoms with van der Waals surface area (Å²) in [7, 11) is 1.95. The largest absolute Gasteiger partial charge is 0.371 e. The van der Waals surface area contributed by atoms with Gasteiger partial charge in [0.2, 0.25) is 0 Å². The smallest absolute Gasteiger partial charge is 0.119 e. The molecule has 1 atom stereocenters. The van der Waals surface area contributed by atoms with E-state index in [0.29, 0.717) is 0 Å². The topological polar surface area (TPSA) is 44.1 Å². The van der Waals surface area contributed by atoms with Gasteiger partial charge in [-0.05, 0) is 19.4 Å². The van der Waals surface area contributed by atoms with Crippen LogP contribution in [0.2, 0.25) is 0 Å². The third-order valence-electron chi connectivity index (χ3n) is 3.69. The Bertz CT molecular complexity index is 446. The van der Waals surface area contributed by atoms with Crippen molar-refractivity contribution >= 4 is 5.69 Å². The second-order valence-corrected chi connectivity index (χ2v) is 5.32. The fourth-order valence-electron chi connectivity index (χ4n) is 2.47. The highest BCUT2D eigenvalue weighted by Gasteiger charge is 2.19. The van der Waals surface area contributed by atoms with Gasteiger partial charge in [0.1, 0.15) is 6.04 Å². The zero-order valence-electron chi connectivity index (χ0n) is 12.8. The van der Waals surface area contributed by atoms with Gasteiger partial charge in [-0.15, -0.1) is 0 Å². The summed E-state index contributed by atoms with van der Waals surface area (Å²) in [4.78, 5) is 6.78. The van der Waals surface area contributed by atoms with Crippen LogP contribution in [0.1, 0.15) is 44.7 Å². The van der Waals surface area contributed by atoms with Gasteiger partial charge >= 0.3 is 0 Å². The summed E-state index contributed by atoms with van der Waals surface area (Å²) in [6.07, 6.45) is 7.64. The van der Waals surface area contributed by atoms with Crippen molar-refractivity contribution in [3.8, 4) is 0 Å². The fraction of sp³-hybridized carbons (Fsp3) is 0.667. The Morgan fingerprint density at radius 1 is 1.30 bits per heavy atom. The van der Waals surface area contributed by atoms with Crippen LogP contribution in [0.25, 0.3) is 0 Å². The summed E-state index contributed by atoms with van der Waals surface area (Å²) >= 11 is 0. The quantitative estimate of drug-likeness (QED) is 0.716. The maximum Gasteiger partial charge on any atom is 0.119 e. The van der Waals surface area contributed by atoms with Crippen molar-refractivity contribution in [2.24, 2.45) is 10.3 Å². The van der Waals surface area contributed by atoms with Crippen LogP contribution in [0.5, 0.6) is 0 Å². The molecule has 0 N–H and O–H groups in total. The normalized spacial score (nSPS) is 17.8. The van der Waals surface area contributed by atoms with Crippen LogP contribution < -0.4 is 4.90 Å². The van der Waals surface area contributed by atoms with Crippen molar-refractivity contribution in [3.05, 3.63) is 24.0 Å². The molecule has 0 aromatic carbocycles. The number of hydrogen-bond acceptors (Lipinski definition) is 5. The van der Waals surface area contributed by atoms with E-state index in [1.165, 1.54) is 24.9 Å². The molecule has 0 saturated carbocycles. The van der Waals surface area contributed by atoms with E-state index >= 15 is 0 Å². The molecule has 2 heterocycles. The molecule has 0 fully saturated rings. The highest BCUT2D eigenvalue weighted by molar-refractivity contribution is 5.46. The van der Waals surface area contributed by atoms with Crippen molar-refractivity contribution in [1.82, 2.24) is 9.99 Å². The Morgan fingerprint density at radius 3 is 2.80 bits per heavy atom. The number of aromatic nitrogens is 1. The summed E-state index contributed by atoms with van der Waals surface area (Å²) in [6.45, 7) is 7.39. The van der Waals surface area contributed by atoms with Crippen LogP contribution >= 0.6 is 0 Å². The molecule has 1 aliphatic rings. The van der Waals surface area contributed by atoms with Crippen LogP contribution in [0.15, 0.2) is 28.8 Å². The van der Waals surface area contributed by atoms with Gasteiger partial charge in [-0.2, -0.15) is 5.11 Å². The van der Waals surface area contributed by atoms with E-state index in [1.807, 2.05) is 24.5 Å². The number of nitrogens with zero attached hydrogens (tertiary/aromatic N) is 5. The van der Waals surface area contributed by atoms with E-state index in [0.717, 1.165) is 25.2 Å². The lowest BCUT2D eigenvalue weighted by Gasteiger charge is -2.23. The van der Waals surface area contributed by atoms with E-state index in [-0.39, 0.29) is 6.04 Å². The van der Waals surface area contributed by atoms with Gasteiger partial charge < -0.3 is 4.90 Å². The van der Waals surface area contributed by atoms with E-state index in [4.69, 9.17) is 0 Å². The Balaban J connectivity index is 2.05. The van der Waals surface area contributed by atoms with Gasteiger partial charge in [0.15, 0.2) is 0 Å². The van der Waals surface area contributed by atoms with Crippen LogP contribution in [0.3, 0.4) is 0 Å². The van der Waals surface area contributed by atoms with E-state index < -0.39 is 0 Å². The van der Waals surface area contributed by atoms with Crippen LogP contribution in [0, 0.1) is 0 Å². The fourth-order valence-corrected chi connectivity index (χ4v) is 2.47. The molecule has 1 aromatic heterocycles. The lowest BCUT2D eigenvalue weighted by atomic mass is 10.1. The second kappa shape index (κ2) is 7.22. The minimum atomic E-state index is 0.127. The highest BCUT2D eigenvalue weighted by Crippen LogP contribution is 2.26. The minimum absolute atomic E-state index is 0.127. The predicted octanol–water partition coefficient (Wildman–Crippen LogP) is 3.45. The molecule has 0 bridgehead atoms. The molecule has 0 radical (unpaired) electrons. The number of hydrogen-bond donors (Lipinski definition) is 0. The molecule has 0 aliphatic carbocycles. The molecule has 1 aromatic rings. The van der Waals surface area contributed by atoms with E-state index in [1.54, 1.807) is 0 Å². The molecule has 5 nitrogen and oxygen atoms in total. The summed E-state index contributed by atoms with van der Waals surface area (Å²) in [5.41, 5.74) is 2.36. The predicted molar refractivity (Wildman–Crippen MR) is 81.9 cm³/mol. The van der Waals surface area contributed by atoms with Gasteiger partial charge in [-0.25, -0.2) is 0 Å². The summed E-state index contributed by atoms with van der Waals surface area (Å²) in [6, 6.07) is 2.34. The van der Waals surface area contributed by atoms with E-state index in [9.17, 15) is 0 Å². The Morgan fingerprint density at radius 2 is 2.15 bits per heavy atom. The Kier molecular flexibility index (Phi) is 5.32. The maximum absolute atomic E-state index is 4.39. The summed E-state index contributed by atoms with van der Waals surface area (Å²) in [5.74, 6) is 0. The molecule has 0 amide bonds. The minimum Gasteiger partial charge on any atom is -0.371 e. The molecule has 1 aliphatic heterocycles. The zero-order valence-corrected chi connectivity index (χ0v) is 12.8. The average molecular weight is 275 g/mol. The third kappa shape index (κ3) is 3.68. The first-order valence-corrected chi connectivity index (χ1v) is 7.56. The number of likely N-dealkylation sites (N-methyl/N-ethyl adjacent to an activating group) is 1. The molecule has 110 valence electrons. The SMILES string of the molecule is CCCCCN(CC)c1cncc(C2CN(C)N=N2)c1. The molecule has 0 saturated heterocycles. The van der Waals surface area contributed by atoms with Crippen molar-refractivity contribution in [3.63, 3.8) is 0 Å². The van der Waals surface area contributed by atoms with Crippen molar-refractivity contribution in [1.29, 1.82) is 0 Å². The molecule has 0 spiro atoms. The third-order valence-corrected chi connectivity index (χ3v) is 3.69. The van der Waals surface area contributed by atoms with Gasteiger partial charge in [0.25, 0.3) is 0 Å². The number of anilines is 1.